The molecule has 0 saturated heterocycles. The Bertz CT molecular complexity index is 825. The van der Waals surface area contributed by atoms with E-state index in [0.29, 0.717) is 11.4 Å². The van der Waals surface area contributed by atoms with E-state index in [1.54, 1.807) is 43.9 Å². The highest BCUT2D eigenvalue weighted by Crippen LogP contribution is 2.21. The fourth-order valence-corrected chi connectivity index (χ4v) is 3.08. The monoisotopic (exact) mass is 322 g/mol. The van der Waals surface area contributed by atoms with Crippen LogP contribution in [0.3, 0.4) is 0 Å². The van der Waals surface area contributed by atoms with E-state index in [0.717, 1.165) is 5.56 Å². The third kappa shape index (κ3) is 3.18. The molecule has 0 aliphatic rings. The minimum absolute atomic E-state index is 0.0983. The van der Waals surface area contributed by atoms with Crippen LogP contribution in [0.5, 0.6) is 0 Å². The Labute approximate surface area is 129 Å². The first-order valence-electron chi connectivity index (χ1n) is 6.60. The van der Waals surface area contributed by atoms with Gasteiger partial charge >= 0.3 is 0 Å². The molecule has 1 amide bonds. The summed E-state index contributed by atoms with van der Waals surface area (Å²) in [5.74, 6) is -0.00175. The maximum atomic E-state index is 12.3. The second-order valence-electron chi connectivity index (χ2n) is 4.95. The highest BCUT2D eigenvalue weighted by atomic mass is 32.2. The van der Waals surface area contributed by atoms with E-state index in [1.807, 2.05) is 0 Å². The minimum atomic E-state index is -3.63. The van der Waals surface area contributed by atoms with E-state index < -0.39 is 15.9 Å². The zero-order valence-corrected chi connectivity index (χ0v) is 13.7. The molecule has 7 nitrogen and oxygen atoms in total. The summed E-state index contributed by atoms with van der Waals surface area (Å²) >= 11 is 0. The number of anilines is 1. The van der Waals surface area contributed by atoms with Gasteiger partial charge in [0.15, 0.2) is 5.82 Å². The van der Waals surface area contributed by atoms with Crippen LogP contribution in [0.2, 0.25) is 0 Å². The molecule has 1 aromatic carbocycles. The van der Waals surface area contributed by atoms with Gasteiger partial charge in [0.05, 0.1) is 4.90 Å². The van der Waals surface area contributed by atoms with Crippen molar-refractivity contribution in [2.24, 2.45) is 7.05 Å². The Morgan fingerprint density at radius 3 is 2.50 bits per heavy atom. The standard InChI is InChI=1S/C14H18N4O3S/c1-9-7-11(8-12(10(9)2)22(20,21)15-3)14(19)16-13-5-6-18(4)17-13/h5-8,15H,1-4H3,(H,16,17,19). The summed E-state index contributed by atoms with van der Waals surface area (Å²) in [6.07, 6.45) is 1.70. The zero-order valence-electron chi connectivity index (χ0n) is 12.8. The number of benzene rings is 1. The van der Waals surface area contributed by atoms with Gasteiger partial charge < -0.3 is 5.32 Å². The van der Waals surface area contributed by atoms with Crippen LogP contribution in [0.25, 0.3) is 0 Å². The van der Waals surface area contributed by atoms with Gasteiger partial charge in [-0.1, -0.05) is 0 Å². The third-order valence-corrected chi connectivity index (χ3v) is 4.94. The number of carbonyl (C=O) groups excluding carboxylic acids is 1. The minimum Gasteiger partial charge on any atom is -0.305 e. The third-order valence-electron chi connectivity index (χ3n) is 3.40. The quantitative estimate of drug-likeness (QED) is 0.884. The first kappa shape index (κ1) is 16.2. The number of carbonyl (C=O) groups is 1. The van der Waals surface area contributed by atoms with Crippen molar-refractivity contribution in [2.75, 3.05) is 12.4 Å². The normalized spacial score (nSPS) is 11.5. The lowest BCUT2D eigenvalue weighted by molar-refractivity contribution is 0.102. The zero-order chi connectivity index (χ0) is 16.5. The number of sulfonamides is 1. The molecule has 1 heterocycles. The molecule has 0 aliphatic heterocycles. The highest BCUT2D eigenvalue weighted by Gasteiger charge is 2.19. The largest absolute Gasteiger partial charge is 0.305 e. The van der Waals surface area contributed by atoms with Crippen LogP contribution in [-0.4, -0.2) is 31.2 Å². The number of nitrogens with one attached hydrogen (secondary N) is 2. The molecule has 8 heteroatoms. The molecule has 2 N–H and O–H groups in total. The Hall–Kier alpha value is -2.19. The predicted molar refractivity (Wildman–Crippen MR) is 83.3 cm³/mol. The second-order valence-corrected chi connectivity index (χ2v) is 6.81. The van der Waals surface area contributed by atoms with Gasteiger partial charge in [-0.3, -0.25) is 9.48 Å². The molecule has 1 aromatic heterocycles. The number of aromatic nitrogens is 2. The Kier molecular flexibility index (Phi) is 4.34. The first-order valence-corrected chi connectivity index (χ1v) is 8.08. The number of aryl methyl sites for hydroxylation is 2. The van der Waals surface area contributed by atoms with Gasteiger partial charge in [-0.15, -0.1) is 0 Å². The second kappa shape index (κ2) is 5.90. The lowest BCUT2D eigenvalue weighted by Crippen LogP contribution is -2.21. The van der Waals surface area contributed by atoms with Crippen molar-refractivity contribution in [3.63, 3.8) is 0 Å². The average molecular weight is 322 g/mol. The van der Waals surface area contributed by atoms with Crippen LogP contribution in [0, 0.1) is 13.8 Å². The van der Waals surface area contributed by atoms with Crippen LogP contribution in [0.4, 0.5) is 5.82 Å². The molecule has 0 spiro atoms. The Balaban J connectivity index is 2.41. The molecule has 2 aromatic rings. The molecule has 0 unspecified atom stereocenters. The summed E-state index contributed by atoms with van der Waals surface area (Å²) in [6, 6.07) is 4.68. The van der Waals surface area contributed by atoms with Crippen molar-refractivity contribution >= 4 is 21.7 Å². The number of nitrogens with zero attached hydrogens (tertiary/aromatic N) is 2. The number of hydrogen-bond acceptors (Lipinski definition) is 4. The summed E-state index contributed by atoms with van der Waals surface area (Å²) < 4.78 is 27.9. The summed E-state index contributed by atoms with van der Waals surface area (Å²) in [6.45, 7) is 3.47. The molecule has 0 radical (unpaired) electrons. The summed E-state index contributed by atoms with van der Waals surface area (Å²) in [5.41, 5.74) is 1.61. The molecule has 0 fully saturated rings. The van der Waals surface area contributed by atoms with E-state index in [1.165, 1.54) is 13.1 Å². The lowest BCUT2D eigenvalue weighted by Gasteiger charge is -2.12. The van der Waals surface area contributed by atoms with E-state index in [-0.39, 0.29) is 10.5 Å². The van der Waals surface area contributed by atoms with Gasteiger partial charge in [0.25, 0.3) is 5.91 Å². The number of hydrogen-bond donors (Lipinski definition) is 2. The summed E-state index contributed by atoms with van der Waals surface area (Å²) in [4.78, 5) is 12.4. The van der Waals surface area contributed by atoms with Gasteiger partial charge in [-0.05, 0) is 44.2 Å². The van der Waals surface area contributed by atoms with Crippen molar-refractivity contribution in [3.8, 4) is 0 Å². The van der Waals surface area contributed by atoms with E-state index in [2.05, 4.69) is 15.1 Å². The molecule has 0 atom stereocenters. The molecular weight excluding hydrogens is 304 g/mol. The van der Waals surface area contributed by atoms with E-state index in [4.69, 9.17) is 0 Å². The van der Waals surface area contributed by atoms with Crippen molar-refractivity contribution in [3.05, 3.63) is 41.1 Å². The molecular formula is C14H18N4O3S. The molecule has 0 saturated carbocycles. The molecule has 2 rings (SSSR count). The van der Waals surface area contributed by atoms with Crippen LogP contribution < -0.4 is 10.0 Å². The van der Waals surface area contributed by atoms with Crippen LogP contribution in [0.15, 0.2) is 29.3 Å². The van der Waals surface area contributed by atoms with Crippen molar-refractivity contribution in [1.29, 1.82) is 0 Å². The van der Waals surface area contributed by atoms with Crippen LogP contribution in [0.1, 0.15) is 21.5 Å². The number of amides is 1. The highest BCUT2D eigenvalue weighted by molar-refractivity contribution is 7.89. The average Bonchev–Trinajstić information content (AvgIpc) is 2.86. The van der Waals surface area contributed by atoms with Gasteiger partial charge in [0.1, 0.15) is 0 Å². The van der Waals surface area contributed by atoms with Crippen LogP contribution >= 0.6 is 0 Å². The molecule has 22 heavy (non-hydrogen) atoms. The van der Waals surface area contributed by atoms with Crippen molar-refractivity contribution in [1.82, 2.24) is 14.5 Å². The number of rotatable bonds is 4. The fourth-order valence-electron chi connectivity index (χ4n) is 2.02. The lowest BCUT2D eigenvalue weighted by atomic mass is 10.1. The van der Waals surface area contributed by atoms with Crippen molar-refractivity contribution in [2.45, 2.75) is 18.7 Å². The Morgan fingerprint density at radius 2 is 1.95 bits per heavy atom. The summed E-state index contributed by atoms with van der Waals surface area (Å²) in [7, 11) is -0.548. The predicted octanol–water partition coefficient (Wildman–Crippen LogP) is 1.20. The molecule has 0 bridgehead atoms. The maximum Gasteiger partial charge on any atom is 0.256 e. The van der Waals surface area contributed by atoms with Gasteiger partial charge in [0.2, 0.25) is 10.0 Å². The molecule has 118 valence electrons. The Morgan fingerprint density at radius 1 is 1.27 bits per heavy atom. The van der Waals surface area contributed by atoms with E-state index >= 15 is 0 Å². The van der Waals surface area contributed by atoms with Gasteiger partial charge in [-0.25, -0.2) is 13.1 Å². The molecule has 0 aliphatic carbocycles. The smallest absolute Gasteiger partial charge is 0.256 e. The van der Waals surface area contributed by atoms with Crippen LogP contribution in [-0.2, 0) is 17.1 Å². The van der Waals surface area contributed by atoms with Gasteiger partial charge in [0, 0.05) is 24.9 Å². The van der Waals surface area contributed by atoms with Crippen molar-refractivity contribution < 1.29 is 13.2 Å². The summed E-state index contributed by atoms with van der Waals surface area (Å²) in [5, 5.41) is 6.69. The topological polar surface area (TPSA) is 93.1 Å². The first-order chi connectivity index (χ1) is 10.2. The van der Waals surface area contributed by atoms with Gasteiger partial charge in [-0.2, -0.15) is 5.10 Å². The van der Waals surface area contributed by atoms with E-state index in [9.17, 15) is 13.2 Å². The maximum absolute atomic E-state index is 12.3. The SMILES string of the molecule is CNS(=O)(=O)c1cc(C(=O)Nc2ccn(C)n2)cc(C)c1C. The fraction of sp³-hybridized carbons (Fsp3) is 0.286.